The van der Waals surface area contributed by atoms with Crippen LogP contribution in [-0.4, -0.2) is 47.6 Å². The molecule has 0 bridgehead atoms. The van der Waals surface area contributed by atoms with E-state index in [1.165, 1.54) is 0 Å². The number of hydrogen-bond donors (Lipinski definition) is 2. The molecule has 3 amide bonds. The van der Waals surface area contributed by atoms with E-state index in [0.717, 1.165) is 15.6 Å². The van der Waals surface area contributed by atoms with Crippen LogP contribution >= 0.6 is 39.1 Å². The smallest absolute Gasteiger partial charge is 0.410 e. The average Bonchev–Trinajstić information content (AvgIpc) is 3.25. The lowest BCUT2D eigenvalue weighted by molar-refractivity contribution is -0.131. The SMILES string of the molecule is CC(C)(C)OC(=O)N1CCC(Oc2ccc(Br)cc2C2CC(=O)NC(c3cccc(Cl)c3)C23C(=O)Nc2cc(Cl)ccc23)CC1. The third-order valence-electron chi connectivity index (χ3n) is 8.67. The van der Waals surface area contributed by atoms with Crippen molar-refractivity contribution in [3.8, 4) is 5.75 Å². The first-order valence-corrected chi connectivity index (χ1v) is 16.5. The summed E-state index contributed by atoms with van der Waals surface area (Å²) in [6.45, 7) is 6.54. The van der Waals surface area contributed by atoms with Gasteiger partial charge in [-0.05, 0) is 74.4 Å². The van der Waals surface area contributed by atoms with Crippen LogP contribution in [0.1, 0.15) is 68.7 Å². The molecule has 3 heterocycles. The Morgan fingerprint density at radius 2 is 1.73 bits per heavy atom. The summed E-state index contributed by atoms with van der Waals surface area (Å²) in [6, 6.07) is 17.6. The number of halogens is 3. The molecule has 0 radical (unpaired) electrons. The highest BCUT2D eigenvalue weighted by Crippen LogP contribution is 2.59. The molecule has 0 aromatic heterocycles. The lowest BCUT2D eigenvalue weighted by atomic mass is 9.59. The van der Waals surface area contributed by atoms with Crippen LogP contribution in [-0.2, 0) is 19.7 Å². The van der Waals surface area contributed by atoms with E-state index < -0.39 is 23.0 Å². The van der Waals surface area contributed by atoms with Crippen LogP contribution in [0, 0.1) is 0 Å². The summed E-state index contributed by atoms with van der Waals surface area (Å²) in [5.74, 6) is -0.450. The molecule has 6 rings (SSSR count). The summed E-state index contributed by atoms with van der Waals surface area (Å²) in [5, 5.41) is 7.19. The van der Waals surface area contributed by atoms with Crippen LogP contribution in [0.2, 0.25) is 10.0 Å². The van der Waals surface area contributed by atoms with Crippen molar-refractivity contribution in [2.24, 2.45) is 0 Å². The summed E-state index contributed by atoms with van der Waals surface area (Å²) in [4.78, 5) is 42.3. The summed E-state index contributed by atoms with van der Waals surface area (Å²) < 4.78 is 13.0. The van der Waals surface area contributed by atoms with E-state index in [4.69, 9.17) is 32.7 Å². The Bertz CT molecular complexity index is 1670. The van der Waals surface area contributed by atoms with E-state index in [1.54, 1.807) is 29.2 Å². The third-order valence-corrected chi connectivity index (χ3v) is 9.63. The second-order valence-corrected chi connectivity index (χ2v) is 14.6. The highest BCUT2D eigenvalue weighted by molar-refractivity contribution is 9.10. The topological polar surface area (TPSA) is 97.0 Å². The molecule has 2 N–H and O–H groups in total. The third kappa shape index (κ3) is 6.14. The quantitative estimate of drug-likeness (QED) is 0.288. The number of hydrogen-bond acceptors (Lipinski definition) is 5. The number of carbonyl (C=O) groups excluding carboxylic acids is 3. The van der Waals surface area contributed by atoms with Crippen LogP contribution in [0.15, 0.2) is 65.1 Å². The number of fused-ring (bicyclic) bond motifs is 2. The van der Waals surface area contributed by atoms with Crippen molar-refractivity contribution in [2.45, 2.75) is 69.1 Å². The molecule has 3 atom stereocenters. The first kappa shape index (κ1) is 31.7. The fourth-order valence-electron chi connectivity index (χ4n) is 6.79. The fraction of sp³-hybridized carbons (Fsp3) is 0.382. The minimum Gasteiger partial charge on any atom is -0.490 e. The zero-order chi connectivity index (χ0) is 32.1. The van der Waals surface area contributed by atoms with Crippen LogP contribution in [0.5, 0.6) is 5.75 Å². The molecule has 2 fully saturated rings. The molecule has 0 saturated carbocycles. The van der Waals surface area contributed by atoms with Gasteiger partial charge >= 0.3 is 6.09 Å². The zero-order valence-electron chi connectivity index (χ0n) is 25.2. The maximum atomic E-state index is 14.4. The van der Waals surface area contributed by atoms with E-state index in [0.29, 0.717) is 53.0 Å². The summed E-state index contributed by atoms with van der Waals surface area (Å²) in [7, 11) is 0. The van der Waals surface area contributed by atoms with Crippen molar-refractivity contribution in [2.75, 3.05) is 18.4 Å². The number of carbonyl (C=O) groups is 3. The van der Waals surface area contributed by atoms with Crippen molar-refractivity contribution in [1.29, 1.82) is 0 Å². The fourth-order valence-corrected chi connectivity index (χ4v) is 7.54. The number of rotatable bonds is 4. The number of benzene rings is 3. The first-order valence-electron chi connectivity index (χ1n) is 15.0. The van der Waals surface area contributed by atoms with Gasteiger partial charge in [-0.15, -0.1) is 0 Å². The lowest BCUT2D eigenvalue weighted by Gasteiger charge is -2.47. The van der Waals surface area contributed by atoms with Gasteiger partial charge in [0, 0.05) is 64.0 Å². The monoisotopic (exact) mass is 713 g/mol. The maximum absolute atomic E-state index is 14.4. The Kier molecular flexibility index (Phi) is 8.56. The van der Waals surface area contributed by atoms with Crippen LogP contribution in [0.4, 0.5) is 10.5 Å². The Labute approximate surface area is 280 Å². The van der Waals surface area contributed by atoms with Gasteiger partial charge in [0.1, 0.15) is 22.9 Å². The minimum absolute atomic E-state index is 0.0520. The summed E-state index contributed by atoms with van der Waals surface area (Å²) in [5.41, 5.74) is 0.982. The molecule has 236 valence electrons. The molecule has 3 unspecified atom stereocenters. The number of nitrogens with zero attached hydrogens (tertiary/aromatic N) is 1. The van der Waals surface area contributed by atoms with Gasteiger partial charge in [0.05, 0.1) is 6.04 Å². The van der Waals surface area contributed by atoms with Gasteiger partial charge in [0.2, 0.25) is 11.8 Å². The minimum atomic E-state index is -1.24. The Hall–Kier alpha value is -3.27. The Morgan fingerprint density at radius 3 is 2.44 bits per heavy atom. The van der Waals surface area contributed by atoms with Crippen LogP contribution in [0.25, 0.3) is 0 Å². The van der Waals surface area contributed by atoms with Crippen molar-refractivity contribution in [3.63, 3.8) is 0 Å². The number of anilines is 1. The van der Waals surface area contributed by atoms with Crippen molar-refractivity contribution < 1.29 is 23.9 Å². The zero-order valence-corrected chi connectivity index (χ0v) is 28.3. The van der Waals surface area contributed by atoms with Crippen molar-refractivity contribution in [3.05, 3.63) is 91.9 Å². The van der Waals surface area contributed by atoms with E-state index in [2.05, 4.69) is 26.6 Å². The van der Waals surface area contributed by atoms with E-state index in [-0.39, 0.29) is 30.4 Å². The van der Waals surface area contributed by atoms with Gasteiger partial charge < -0.3 is 25.0 Å². The Balaban J connectivity index is 1.40. The molecule has 3 aliphatic rings. The Morgan fingerprint density at radius 1 is 1.00 bits per heavy atom. The van der Waals surface area contributed by atoms with Gasteiger partial charge in [0.25, 0.3) is 0 Å². The molecular formula is C34H34BrCl2N3O5. The molecule has 3 aliphatic heterocycles. The predicted octanol–water partition coefficient (Wildman–Crippen LogP) is 7.77. The summed E-state index contributed by atoms with van der Waals surface area (Å²) in [6.07, 6.45) is 0.759. The second kappa shape index (κ2) is 12.2. The number of ether oxygens (including phenoxy) is 2. The van der Waals surface area contributed by atoms with E-state index in [1.807, 2.05) is 57.2 Å². The molecule has 11 heteroatoms. The number of likely N-dealkylation sites (tertiary alicyclic amines) is 1. The molecule has 1 spiro atoms. The molecule has 2 saturated heterocycles. The number of piperidine rings is 2. The van der Waals surface area contributed by atoms with Gasteiger partial charge in [0.15, 0.2) is 0 Å². The first-order chi connectivity index (χ1) is 21.3. The molecule has 8 nitrogen and oxygen atoms in total. The standard InChI is InChI=1S/C34H34BrCl2N3O5/c1-33(2,3)45-32(43)40-13-11-23(12-14-40)44-28-10-7-20(35)16-24(28)26-18-29(41)39-30(19-5-4-6-21(36)15-19)34(26)25-9-8-22(37)17-27(25)38-31(34)42/h4-10,15-17,23,26,30H,11-14,18H2,1-3H3,(H,38,42)(H,39,41). The molecule has 45 heavy (non-hydrogen) atoms. The van der Waals surface area contributed by atoms with Gasteiger partial charge in [-0.1, -0.05) is 57.3 Å². The second-order valence-electron chi connectivity index (χ2n) is 12.8. The normalized spacial score (nSPS) is 23.4. The molecule has 3 aromatic carbocycles. The average molecular weight is 715 g/mol. The van der Waals surface area contributed by atoms with Crippen molar-refractivity contribution in [1.82, 2.24) is 10.2 Å². The number of amides is 3. The van der Waals surface area contributed by atoms with E-state index in [9.17, 15) is 14.4 Å². The van der Waals surface area contributed by atoms with Crippen LogP contribution < -0.4 is 15.4 Å². The molecule has 3 aromatic rings. The van der Waals surface area contributed by atoms with Gasteiger partial charge in [-0.25, -0.2) is 4.79 Å². The van der Waals surface area contributed by atoms with Crippen molar-refractivity contribution >= 4 is 62.7 Å². The molecular weight excluding hydrogens is 681 g/mol. The van der Waals surface area contributed by atoms with Gasteiger partial charge in [-0.3, -0.25) is 9.59 Å². The van der Waals surface area contributed by atoms with Crippen LogP contribution in [0.3, 0.4) is 0 Å². The highest BCUT2D eigenvalue weighted by Gasteiger charge is 2.61. The number of nitrogens with one attached hydrogen (secondary N) is 2. The van der Waals surface area contributed by atoms with E-state index >= 15 is 0 Å². The largest absolute Gasteiger partial charge is 0.490 e. The maximum Gasteiger partial charge on any atom is 0.410 e. The van der Waals surface area contributed by atoms with Gasteiger partial charge in [-0.2, -0.15) is 0 Å². The highest BCUT2D eigenvalue weighted by atomic mass is 79.9. The molecule has 0 aliphatic carbocycles. The lowest BCUT2D eigenvalue weighted by Crippen LogP contribution is -2.57. The summed E-state index contributed by atoms with van der Waals surface area (Å²) >= 11 is 16.4. The predicted molar refractivity (Wildman–Crippen MR) is 177 cm³/mol.